The number of hydrogen-bond donors (Lipinski definition) is 2. The van der Waals surface area contributed by atoms with Crippen LogP contribution in [0.1, 0.15) is 35.7 Å². The number of nitrogens with zero attached hydrogens (tertiary/aromatic N) is 3. The molecule has 6 heteroatoms. The quantitative estimate of drug-likeness (QED) is 0.758. The van der Waals surface area contributed by atoms with Crippen LogP contribution >= 0.6 is 0 Å². The molecule has 3 aromatic rings. The first kappa shape index (κ1) is 16.3. The van der Waals surface area contributed by atoms with Crippen molar-refractivity contribution in [1.29, 1.82) is 0 Å². The molecule has 0 fully saturated rings. The largest absolute Gasteiger partial charge is 0.331 e. The maximum absolute atomic E-state index is 12.3. The standard InChI is InChI=1S/C20H21N5O/c26-20(24-19-11-4-5-12-21-19)23-17-9-6-10-18-16(17)13-22-25(18)14-15-7-2-1-3-8-15/h1-5,7-8,11-13,17H,6,9-10,14H2,(H2,21,23,24,26)/t17-/m0/s1. The van der Waals surface area contributed by atoms with Gasteiger partial charge in [0.2, 0.25) is 0 Å². The fourth-order valence-corrected chi connectivity index (χ4v) is 3.41. The summed E-state index contributed by atoms with van der Waals surface area (Å²) in [6, 6.07) is 15.5. The number of nitrogens with one attached hydrogen (secondary N) is 2. The van der Waals surface area contributed by atoms with Gasteiger partial charge in [-0.2, -0.15) is 5.10 Å². The molecule has 0 bridgehead atoms. The number of urea groups is 1. The number of carbonyl (C=O) groups excluding carboxylic acids is 1. The Bertz CT molecular complexity index is 876. The zero-order chi connectivity index (χ0) is 17.8. The molecule has 2 aromatic heterocycles. The van der Waals surface area contributed by atoms with Crippen molar-refractivity contribution >= 4 is 11.8 Å². The van der Waals surface area contributed by atoms with Gasteiger partial charge in [0, 0.05) is 17.5 Å². The molecule has 4 rings (SSSR count). The van der Waals surface area contributed by atoms with Gasteiger partial charge in [-0.25, -0.2) is 9.78 Å². The molecular formula is C20H21N5O. The van der Waals surface area contributed by atoms with Crippen molar-refractivity contribution in [3.8, 4) is 0 Å². The SMILES string of the molecule is O=C(Nc1ccccn1)N[C@H]1CCCc2c1cnn2Cc1ccccc1. The summed E-state index contributed by atoms with van der Waals surface area (Å²) in [6.45, 7) is 0.753. The van der Waals surface area contributed by atoms with Crippen LogP contribution in [0.5, 0.6) is 0 Å². The van der Waals surface area contributed by atoms with E-state index < -0.39 is 0 Å². The normalized spacial score (nSPS) is 15.9. The van der Waals surface area contributed by atoms with E-state index in [0.29, 0.717) is 5.82 Å². The van der Waals surface area contributed by atoms with Crippen molar-refractivity contribution in [2.24, 2.45) is 0 Å². The van der Waals surface area contributed by atoms with Crippen molar-refractivity contribution in [3.05, 3.63) is 77.7 Å². The molecule has 26 heavy (non-hydrogen) atoms. The second kappa shape index (κ2) is 7.39. The van der Waals surface area contributed by atoms with E-state index in [1.54, 1.807) is 12.3 Å². The molecule has 0 saturated heterocycles. The molecule has 0 unspecified atom stereocenters. The number of amides is 2. The summed E-state index contributed by atoms with van der Waals surface area (Å²) in [5.41, 5.74) is 3.55. The maximum Gasteiger partial charge on any atom is 0.320 e. The predicted octanol–water partition coefficient (Wildman–Crippen LogP) is 3.53. The average Bonchev–Trinajstić information content (AvgIpc) is 3.07. The number of hydrogen-bond acceptors (Lipinski definition) is 3. The molecule has 0 saturated carbocycles. The molecule has 1 aromatic carbocycles. The predicted molar refractivity (Wildman–Crippen MR) is 99.8 cm³/mol. The summed E-state index contributed by atoms with van der Waals surface area (Å²) < 4.78 is 2.05. The van der Waals surface area contributed by atoms with Crippen molar-refractivity contribution in [2.45, 2.75) is 31.8 Å². The molecule has 0 spiro atoms. The topological polar surface area (TPSA) is 71.8 Å². The molecule has 2 heterocycles. The van der Waals surface area contributed by atoms with Crippen LogP contribution in [-0.2, 0) is 13.0 Å². The van der Waals surface area contributed by atoms with E-state index in [2.05, 4.69) is 37.5 Å². The van der Waals surface area contributed by atoms with Crippen LogP contribution in [-0.4, -0.2) is 20.8 Å². The fraction of sp³-hybridized carbons (Fsp3) is 0.250. The molecule has 132 valence electrons. The molecule has 0 radical (unpaired) electrons. The van der Waals surface area contributed by atoms with Crippen molar-refractivity contribution < 1.29 is 4.79 Å². The molecule has 2 amide bonds. The highest BCUT2D eigenvalue weighted by molar-refractivity contribution is 5.88. The fourth-order valence-electron chi connectivity index (χ4n) is 3.41. The summed E-state index contributed by atoms with van der Waals surface area (Å²) in [5.74, 6) is 0.542. The maximum atomic E-state index is 12.3. The summed E-state index contributed by atoms with van der Waals surface area (Å²) in [6.07, 6.45) is 6.48. The third-order valence-corrected chi connectivity index (χ3v) is 4.65. The van der Waals surface area contributed by atoms with Gasteiger partial charge < -0.3 is 5.32 Å². The van der Waals surface area contributed by atoms with Gasteiger partial charge in [-0.1, -0.05) is 36.4 Å². The van der Waals surface area contributed by atoms with Gasteiger partial charge in [0.15, 0.2) is 0 Å². The van der Waals surface area contributed by atoms with Crippen LogP contribution < -0.4 is 10.6 Å². The van der Waals surface area contributed by atoms with Crippen LogP contribution in [0.25, 0.3) is 0 Å². The summed E-state index contributed by atoms with van der Waals surface area (Å²) in [7, 11) is 0. The highest BCUT2D eigenvalue weighted by atomic mass is 16.2. The van der Waals surface area contributed by atoms with Crippen molar-refractivity contribution in [1.82, 2.24) is 20.1 Å². The lowest BCUT2D eigenvalue weighted by atomic mass is 9.93. The van der Waals surface area contributed by atoms with E-state index in [-0.39, 0.29) is 12.1 Å². The Morgan fingerprint density at radius 2 is 2.00 bits per heavy atom. The van der Waals surface area contributed by atoms with E-state index in [1.807, 2.05) is 36.5 Å². The van der Waals surface area contributed by atoms with Gasteiger partial charge in [0.05, 0.1) is 18.8 Å². The van der Waals surface area contributed by atoms with Gasteiger partial charge in [0.25, 0.3) is 0 Å². The molecular weight excluding hydrogens is 326 g/mol. The van der Waals surface area contributed by atoms with E-state index in [4.69, 9.17) is 0 Å². The van der Waals surface area contributed by atoms with Crippen LogP contribution in [0, 0.1) is 0 Å². The number of fused-ring (bicyclic) bond motifs is 1. The highest BCUT2D eigenvalue weighted by Gasteiger charge is 2.25. The van der Waals surface area contributed by atoms with Crippen LogP contribution in [0.15, 0.2) is 60.9 Å². The number of pyridine rings is 1. The Morgan fingerprint density at radius 1 is 1.15 bits per heavy atom. The molecule has 1 aliphatic carbocycles. The molecule has 2 N–H and O–H groups in total. The van der Waals surface area contributed by atoms with E-state index in [0.717, 1.165) is 31.4 Å². The zero-order valence-electron chi connectivity index (χ0n) is 14.4. The van der Waals surface area contributed by atoms with Gasteiger partial charge >= 0.3 is 6.03 Å². The zero-order valence-corrected chi connectivity index (χ0v) is 14.4. The number of rotatable bonds is 4. The lowest BCUT2D eigenvalue weighted by Crippen LogP contribution is -2.34. The van der Waals surface area contributed by atoms with Crippen LogP contribution in [0.2, 0.25) is 0 Å². The minimum Gasteiger partial charge on any atom is -0.331 e. The molecule has 0 aliphatic heterocycles. The van der Waals surface area contributed by atoms with E-state index >= 15 is 0 Å². The lowest BCUT2D eigenvalue weighted by molar-refractivity contribution is 0.247. The third-order valence-electron chi connectivity index (χ3n) is 4.65. The third kappa shape index (κ3) is 3.59. The molecule has 1 atom stereocenters. The Balaban J connectivity index is 1.47. The first-order valence-electron chi connectivity index (χ1n) is 8.86. The van der Waals surface area contributed by atoms with Crippen LogP contribution in [0.4, 0.5) is 10.6 Å². The number of aromatic nitrogens is 3. The second-order valence-electron chi connectivity index (χ2n) is 6.45. The van der Waals surface area contributed by atoms with Crippen molar-refractivity contribution in [2.75, 3.05) is 5.32 Å². The number of benzene rings is 1. The van der Waals surface area contributed by atoms with E-state index in [1.165, 1.54) is 11.3 Å². The summed E-state index contributed by atoms with van der Waals surface area (Å²) in [4.78, 5) is 16.4. The highest BCUT2D eigenvalue weighted by Crippen LogP contribution is 2.30. The lowest BCUT2D eigenvalue weighted by Gasteiger charge is -2.24. The Hall–Kier alpha value is -3.15. The van der Waals surface area contributed by atoms with Crippen molar-refractivity contribution in [3.63, 3.8) is 0 Å². The first-order chi connectivity index (χ1) is 12.8. The first-order valence-corrected chi connectivity index (χ1v) is 8.86. The molecule has 6 nitrogen and oxygen atoms in total. The smallest absolute Gasteiger partial charge is 0.320 e. The molecule has 1 aliphatic rings. The van der Waals surface area contributed by atoms with Gasteiger partial charge in [-0.15, -0.1) is 0 Å². The number of carbonyl (C=O) groups is 1. The summed E-state index contributed by atoms with van der Waals surface area (Å²) >= 11 is 0. The Kier molecular flexibility index (Phi) is 4.64. The Morgan fingerprint density at radius 3 is 2.81 bits per heavy atom. The number of anilines is 1. The minimum absolute atomic E-state index is 0.0213. The second-order valence-corrected chi connectivity index (χ2v) is 6.45. The average molecular weight is 347 g/mol. The van der Waals surface area contributed by atoms with Gasteiger partial charge in [0.1, 0.15) is 5.82 Å². The monoisotopic (exact) mass is 347 g/mol. The Labute approximate surface area is 152 Å². The van der Waals surface area contributed by atoms with Crippen LogP contribution in [0.3, 0.4) is 0 Å². The van der Waals surface area contributed by atoms with Gasteiger partial charge in [-0.3, -0.25) is 10.00 Å². The van der Waals surface area contributed by atoms with E-state index in [9.17, 15) is 4.79 Å². The van der Waals surface area contributed by atoms with Gasteiger partial charge in [-0.05, 0) is 37.0 Å². The summed E-state index contributed by atoms with van der Waals surface area (Å²) in [5, 5.41) is 10.4. The minimum atomic E-state index is -0.239.